The molecule has 0 aliphatic heterocycles. The lowest BCUT2D eigenvalue weighted by atomic mass is 10.1. The third-order valence-corrected chi connectivity index (χ3v) is 5.65. The van der Waals surface area contributed by atoms with E-state index in [9.17, 15) is 19.8 Å². The Morgan fingerprint density at radius 2 is 1.58 bits per heavy atom. The zero-order chi connectivity index (χ0) is 23.5. The fourth-order valence-corrected chi connectivity index (χ4v) is 3.39. The molecule has 0 spiro atoms. The molecule has 6 heteroatoms. The molecule has 0 bridgehead atoms. The summed E-state index contributed by atoms with van der Waals surface area (Å²) in [7, 11) is 0. The van der Waals surface area contributed by atoms with Crippen LogP contribution in [-0.2, 0) is 9.59 Å². The first kappa shape index (κ1) is 29.6. The van der Waals surface area contributed by atoms with Crippen molar-refractivity contribution in [2.75, 3.05) is 6.54 Å². The summed E-state index contributed by atoms with van der Waals surface area (Å²) in [5, 5.41) is 20.8. The van der Waals surface area contributed by atoms with E-state index in [2.05, 4.69) is 24.5 Å². The highest BCUT2D eigenvalue weighted by Gasteiger charge is 2.35. The minimum atomic E-state index is -1.12. The molecule has 0 radical (unpaired) electrons. The molecule has 0 rings (SSSR count). The minimum Gasteiger partial charge on any atom is -0.480 e. The van der Waals surface area contributed by atoms with E-state index in [1.54, 1.807) is 13.8 Å². The second kappa shape index (κ2) is 18.2. The summed E-state index contributed by atoms with van der Waals surface area (Å²) < 4.78 is 0. The summed E-state index contributed by atoms with van der Waals surface area (Å²) >= 11 is 0. The van der Waals surface area contributed by atoms with Crippen LogP contribution in [0.15, 0.2) is 12.2 Å². The van der Waals surface area contributed by atoms with Gasteiger partial charge in [0.05, 0.1) is 6.10 Å². The number of hydrogen-bond donors (Lipinski definition) is 3. The number of amides is 1. The third kappa shape index (κ3) is 15.1. The molecule has 0 aliphatic carbocycles. The number of nitrogens with one attached hydrogen (secondary N) is 1. The van der Waals surface area contributed by atoms with Crippen LogP contribution in [-0.4, -0.2) is 45.3 Å². The maximum Gasteiger partial charge on any atom is 0.325 e. The van der Waals surface area contributed by atoms with Crippen molar-refractivity contribution in [3.05, 3.63) is 12.2 Å². The van der Waals surface area contributed by atoms with Gasteiger partial charge in [0.15, 0.2) is 0 Å². The highest BCUT2D eigenvalue weighted by atomic mass is 16.4. The van der Waals surface area contributed by atoms with E-state index in [0.29, 0.717) is 13.0 Å². The molecule has 0 fully saturated rings. The Morgan fingerprint density at radius 1 is 0.935 bits per heavy atom. The lowest BCUT2D eigenvalue weighted by Gasteiger charge is -2.34. The van der Waals surface area contributed by atoms with Gasteiger partial charge in [-0.2, -0.15) is 0 Å². The minimum absolute atomic E-state index is 0.112. The lowest BCUT2D eigenvalue weighted by Crippen LogP contribution is -2.58. The summed E-state index contributed by atoms with van der Waals surface area (Å²) in [4.78, 5) is 23.6. The van der Waals surface area contributed by atoms with Crippen LogP contribution < -0.4 is 5.43 Å². The molecule has 0 aromatic heterocycles. The fourth-order valence-electron chi connectivity index (χ4n) is 3.39. The molecule has 0 unspecified atom stereocenters. The van der Waals surface area contributed by atoms with E-state index in [4.69, 9.17) is 0 Å². The number of unbranched alkanes of at least 4 members (excludes halogenated alkanes) is 8. The molecule has 31 heavy (non-hydrogen) atoms. The van der Waals surface area contributed by atoms with Crippen molar-refractivity contribution in [3.63, 3.8) is 0 Å². The second-order valence-electron chi connectivity index (χ2n) is 9.07. The SMILES string of the molecule is CCCCCC[C@@H](O)C/C=C\CCCCCCCC(=O)NN(CCC)C(C)(C)C(=O)O. The molecular weight excluding hydrogens is 392 g/mol. The van der Waals surface area contributed by atoms with Crippen molar-refractivity contribution in [2.24, 2.45) is 0 Å². The monoisotopic (exact) mass is 440 g/mol. The van der Waals surface area contributed by atoms with Gasteiger partial charge in [0.1, 0.15) is 5.54 Å². The highest BCUT2D eigenvalue weighted by Crippen LogP contribution is 2.14. The van der Waals surface area contributed by atoms with Crippen molar-refractivity contribution in [1.29, 1.82) is 0 Å². The number of rotatable bonds is 20. The van der Waals surface area contributed by atoms with Gasteiger partial charge in [-0.3, -0.25) is 15.0 Å². The summed E-state index contributed by atoms with van der Waals surface area (Å²) in [6.45, 7) is 7.88. The summed E-state index contributed by atoms with van der Waals surface area (Å²) in [5.41, 5.74) is 1.66. The average Bonchev–Trinajstić information content (AvgIpc) is 2.72. The van der Waals surface area contributed by atoms with E-state index < -0.39 is 11.5 Å². The molecule has 1 atom stereocenters. The third-order valence-electron chi connectivity index (χ3n) is 5.65. The second-order valence-corrected chi connectivity index (χ2v) is 9.07. The van der Waals surface area contributed by atoms with E-state index in [0.717, 1.165) is 64.2 Å². The summed E-state index contributed by atoms with van der Waals surface area (Å²) in [6, 6.07) is 0. The quantitative estimate of drug-likeness (QED) is 0.130. The van der Waals surface area contributed by atoms with Crippen molar-refractivity contribution in [1.82, 2.24) is 10.4 Å². The van der Waals surface area contributed by atoms with Gasteiger partial charge in [-0.05, 0) is 52.4 Å². The average molecular weight is 441 g/mol. The van der Waals surface area contributed by atoms with Crippen LogP contribution in [0.3, 0.4) is 0 Å². The van der Waals surface area contributed by atoms with Crippen LogP contribution >= 0.6 is 0 Å². The van der Waals surface area contributed by atoms with Crippen molar-refractivity contribution in [2.45, 2.75) is 129 Å². The maximum absolute atomic E-state index is 12.2. The number of carboxylic acid groups (broad SMARTS) is 1. The van der Waals surface area contributed by atoms with Crippen LogP contribution in [0.1, 0.15) is 118 Å². The van der Waals surface area contributed by atoms with Crippen LogP contribution in [0.4, 0.5) is 0 Å². The summed E-state index contributed by atoms with van der Waals surface area (Å²) in [6.07, 6.45) is 18.0. The number of nitrogens with zero attached hydrogens (tertiary/aromatic N) is 1. The highest BCUT2D eigenvalue weighted by molar-refractivity contribution is 5.79. The van der Waals surface area contributed by atoms with Crippen LogP contribution in [0.25, 0.3) is 0 Å². The summed E-state index contributed by atoms with van der Waals surface area (Å²) in [5.74, 6) is -1.06. The molecule has 182 valence electrons. The van der Waals surface area contributed by atoms with Crippen molar-refractivity contribution >= 4 is 11.9 Å². The maximum atomic E-state index is 12.2. The van der Waals surface area contributed by atoms with Gasteiger partial charge in [-0.15, -0.1) is 0 Å². The molecule has 0 aromatic rings. The smallest absolute Gasteiger partial charge is 0.325 e. The van der Waals surface area contributed by atoms with Gasteiger partial charge in [0.2, 0.25) is 5.91 Å². The van der Waals surface area contributed by atoms with Crippen LogP contribution in [0, 0.1) is 0 Å². The predicted octanol–water partition coefficient (Wildman–Crippen LogP) is 5.60. The molecular formula is C25H48N2O4. The first-order chi connectivity index (χ1) is 14.8. The number of aliphatic carboxylic acids is 1. The molecule has 0 saturated carbocycles. The Balaban J connectivity index is 3.79. The van der Waals surface area contributed by atoms with Crippen molar-refractivity contribution in [3.8, 4) is 0 Å². The van der Waals surface area contributed by atoms with E-state index >= 15 is 0 Å². The molecule has 6 nitrogen and oxygen atoms in total. The number of hydrogen-bond acceptors (Lipinski definition) is 4. The molecule has 0 heterocycles. The normalized spacial score (nSPS) is 13.1. The fraction of sp³-hybridized carbons (Fsp3) is 0.840. The topological polar surface area (TPSA) is 89.9 Å². The zero-order valence-electron chi connectivity index (χ0n) is 20.5. The van der Waals surface area contributed by atoms with E-state index in [1.807, 2.05) is 6.92 Å². The van der Waals surface area contributed by atoms with Crippen LogP contribution in [0.2, 0.25) is 0 Å². The zero-order valence-corrected chi connectivity index (χ0v) is 20.5. The number of carboxylic acids is 1. The van der Waals surface area contributed by atoms with E-state index in [-0.39, 0.29) is 12.0 Å². The first-order valence-corrected chi connectivity index (χ1v) is 12.4. The Bertz CT molecular complexity index is 506. The molecule has 1 amide bonds. The molecule has 0 aliphatic rings. The lowest BCUT2D eigenvalue weighted by molar-refractivity contribution is -0.153. The van der Waals surface area contributed by atoms with Crippen LogP contribution in [0.5, 0.6) is 0 Å². The van der Waals surface area contributed by atoms with Gasteiger partial charge in [0, 0.05) is 13.0 Å². The molecule has 0 saturated heterocycles. The van der Waals surface area contributed by atoms with Gasteiger partial charge in [-0.25, -0.2) is 5.01 Å². The van der Waals surface area contributed by atoms with Gasteiger partial charge >= 0.3 is 5.97 Å². The Morgan fingerprint density at radius 3 is 2.23 bits per heavy atom. The number of allylic oxidation sites excluding steroid dienone is 1. The standard InChI is InChI=1S/C25H48N2O4/c1-5-7-8-15-18-22(28)19-16-13-11-9-10-12-14-17-20-23(29)26-27(21-6-2)25(3,4)24(30)31/h13,16,22,28H,5-12,14-15,17-21H2,1-4H3,(H,26,29)(H,30,31)/b16-13-/t22-/m1/s1. The Hall–Kier alpha value is -1.40. The largest absolute Gasteiger partial charge is 0.480 e. The molecule has 0 aromatic carbocycles. The Labute approximate surface area is 190 Å². The number of aliphatic hydroxyl groups excluding tert-OH is 1. The van der Waals surface area contributed by atoms with Gasteiger partial charge < -0.3 is 10.2 Å². The van der Waals surface area contributed by atoms with Gasteiger partial charge in [0.25, 0.3) is 0 Å². The number of carbonyl (C=O) groups excluding carboxylic acids is 1. The van der Waals surface area contributed by atoms with E-state index in [1.165, 1.54) is 24.3 Å². The number of aliphatic hydroxyl groups is 1. The van der Waals surface area contributed by atoms with Gasteiger partial charge in [-0.1, -0.05) is 70.9 Å². The van der Waals surface area contributed by atoms with Crippen molar-refractivity contribution < 1.29 is 19.8 Å². The predicted molar refractivity (Wildman–Crippen MR) is 128 cm³/mol. The number of carbonyl (C=O) groups is 2. The number of hydrazine groups is 1. The Kier molecular flexibility index (Phi) is 17.4. The first-order valence-electron chi connectivity index (χ1n) is 12.4. The molecule has 3 N–H and O–H groups in total.